The van der Waals surface area contributed by atoms with Crippen LogP contribution in [0.4, 0.5) is 4.79 Å². The number of hydrogen-bond donors (Lipinski definition) is 1. The third kappa shape index (κ3) is 9.77. The Bertz CT molecular complexity index is 210. The number of ether oxygens (including phenoxy) is 1. The molecule has 0 aliphatic carbocycles. The SMILES string of the molecule is CC(CCN(C)C)CNC(=O)OC(C)(C)C. The molecule has 0 saturated carbocycles. The molecule has 0 spiro atoms. The minimum atomic E-state index is -0.420. The van der Waals surface area contributed by atoms with Crippen molar-refractivity contribution < 1.29 is 9.53 Å². The van der Waals surface area contributed by atoms with Gasteiger partial charge in [0.2, 0.25) is 0 Å². The topological polar surface area (TPSA) is 41.6 Å². The van der Waals surface area contributed by atoms with Gasteiger partial charge in [-0.05, 0) is 53.8 Å². The van der Waals surface area contributed by atoms with Gasteiger partial charge in [0.1, 0.15) is 5.60 Å². The van der Waals surface area contributed by atoms with Crippen LogP contribution in [0.2, 0.25) is 0 Å². The molecule has 16 heavy (non-hydrogen) atoms. The number of nitrogens with one attached hydrogen (secondary N) is 1. The molecule has 0 saturated heterocycles. The molecule has 0 heterocycles. The van der Waals surface area contributed by atoms with Gasteiger partial charge in [-0.1, -0.05) is 6.92 Å². The number of rotatable bonds is 5. The summed E-state index contributed by atoms with van der Waals surface area (Å²) in [5, 5.41) is 2.78. The average Bonchev–Trinajstić information content (AvgIpc) is 2.08. The summed E-state index contributed by atoms with van der Waals surface area (Å²) >= 11 is 0. The average molecular weight is 230 g/mol. The van der Waals surface area contributed by atoms with Crippen LogP contribution in [0.3, 0.4) is 0 Å². The molecule has 4 heteroatoms. The zero-order valence-electron chi connectivity index (χ0n) is 11.5. The Morgan fingerprint density at radius 2 is 1.94 bits per heavy atom. The van der Waals surface area contributed by atoms with E-state index >= 15 is 0 Å². The lowest BCUT2D eigenvalue weighted by Crippen LogP contribution is -2.35. The van der Waals surface area contributed by atoms with E-state index < -0.39 is 5.60 Å². The Balaban J connectivity index is 3.67. The number of nitrogens with zero attached hydrogens (tertiary/aromatic N) is 1. The van der Waals surface area contributed by atoms with Crippen LogP contribution in [0.1, 0.15) is 34.1 Å². The lowest BCUT2D eigenvalue weighted by atomic mass is 10.1. The van der Waals surface area contributed by atoms with Gasteiger partial charge >= 0.3 is 6.09 Å². The van der Waals surface area contributed by atoms with Crippen molar-refractivity contribution in [3.8, 4) is 0 Å². The van der Waals surface area contributed by atoms with Crippen molar-refractivity contribution in [1.29, 1.82) is 0 Å². The second kappa shape index (κ2) is 6.74. The Labute approximate surface area is 99.3 Å². The van der Waals surface area contributed by atoms with E-state index in [2.05, 4.69) is 17.1 Å². The first-order valence-corrected chi connectivity index (χ1v) is 5.82. The first-order chi connectivity index (χ1) is 7.20. The Kier molecular flexibility index (Phi) is 6.41. The molecule has 0 fully saturated rings. The van der Waals surface area contributed by atoms with E-state index in [0.29, 0.717) is 12.5 Å². The summed E-state index contributed by atoms with van der Waals surface area (Å²) in [4.78, 5) is 13.5. The highest BCUT2D eigenvalue weighted by molar-refractivity contribution is 5.67. The third-order valence-electron chi connectivity index (χ3n) is 2.06. The van der Waals surface area contributed by atoms with E-state index in [1.54, 1.807) is 0 Å². The number of amides is 1. The van der Waals surface area contributed by atoms with Crippen LogP contribution >= 0.6 is 0 Å². The normalized spacial score (nSPS) is 13.7. The van der Waals surface area contributed by atoms with E-state index in [1.165, 1.54) is 0 Å². The Morgan fingerprint density at radius 1 is 1.38 bits per heavy atom. The molecular formula is C12H26N2O2. The Morgan fingerprint density at radius 3 is 2.38 bits per heavy atom. The fraction of sp³-hybridized carbons (Fsp3) is 0.917. The summed E-state index contributed by atoms with van der Waals surface area (Å²) in [5.41, 5.74) is -0.420. The zero-order chi connectivity index (χ0) is 12.8. The summed E-state index contributed by atoms with van der Waals surface area (Å²) in [7, 11) is 4.10. The maximum absolute atomic E-state index is 11.4. The first kappa shape index (κ1) is 15.2. The summed E-state index contributed by atoms with van der Waals surface area (Å²) in [6, 6.07) is 0. The fourth-order valence-electron chi connectivity index (χ4n) is 1.15. The van der Waals surface area contributed by atoms with Crippen molar-refractivity contribution in [2.24, 2.45) is 5.92 Å². The second-order valence-electron chi connectivity index (χ2n) is 5.58. The number of alkyl carbamates (subject to hydrolysis) is 1. The second-order valence-corrected chi connectivity index (χ2v) is 5.58. The standard InChI is InChI=1S/C12H26N2O2/c1-10(7-8-14(5)6)9-13-11(15)16-12(2,3)4/h10H,7-9H2,1-6H3,(H,13,15). The van der Waals surface area contributed by atoms with Gasteiger partial charge in [0.05, 0.1) is 0 Å². The van der Waals surface area contributed by atoms with Gasteiger partial charge in [0.15, 0.2) is 0 Å². The molecule has 1 N–H and O–H groups in total. The summed E-state index contributed by atoms with van der Waals surface area (Å²) in [6.07, 6.45) is 0.743. The minimum absolute atomic E-state index is 0.329. The Hall–Kier alpha value is -0.770. The van der Waals surface area contributed by atoms with Crippen LogP contribution in [0.25, 0.3) is 0 Å². The highest BCUT2D eigenvalue weighted by Crippen LogP contribution is 2.07. The quantitative estimate of drug-likeness (QED) is 0.786. The molecule has 1 amide bonds. The molecule has 0 aromatic heterocycles. The monoisotopic (exact) mass is 230 g/mol. The van der Waals surface area contributed by atoms with Crippen molar-refractivity contribution >= 4 is 6.09 Å². The van der Waals surface area contributed by atoms with Crippen molar-refractivity contribution in [2.45, 2.75) is 39.7 Å². The predicted molar refractivity (Wildman–Crippen MR) is 66.6 cm³/mol. The molecular weight excluding hydrogens is 204 g/mol. The van der Waals surface area contributed by atoms with Crippen molar-refractivity contribution in [3.05, 3.63) is 0 Å². The predicted octanol–water partition coefficient (Wildman–Crippen LogP) is 2.10. The van der Waals surface area contributed by atoms with Gasteiger partial charge in [0, 0.05) is 6.54 Å². The van der Waals surface area contributed by atoms with Crippen molar-refractivity contribution in [3.63, 3.8) is 0 Å². The van der Waals surface area contributed by atoms with Crippen molar-refractivity contribution in [1.82, 2.24) is 10.2 Å². The molecule has 1 atom stereocenters. The largest absolute Gasteiger partial charge is 0.444 e. The van der Waals surface area contributed by atoms with Crippen LogP contribution in [-0.4, -0.2) is 43.8 Å². The highest BCUT2D eigenvalue weighted by atomic mass is 16.6. The van der Waals surface area contributed by atoms with E-state index in [4.69, 9.17) is 4.74 Å². The highest BCUT2D eigenvalue weighted by Gasteiger charge is 2.16. The lowest BCUT2D eigenvalue weighted by molar-refractivity contribution is 0.0519. The smallest absolute Gasteiger partial charge is 0.407 e. The van der Waals surface area contributed by atoms with E-state index in [1.807, 2.05) is 34.9 Å². The summed E-state index contributed by atoms with van der Waals surface area (Å²) in [6.45, 7) is 9.42. The summed E-state index contributed by atoms with van der Waals surface area (Å²) in [5.74, 6) is 0.468. The first-order valence-electron chi connectivity index (χ1n) is 5.82. The van der Waals surface area contributed by atoms with Crippen molar-refractivity contribution in [2.75, 3.05) is 27.2 Å². The molecule has 0 aromatic rings. The molecule has 0 bridgehead atoms. The number of hydrogen-bond acceptors (Lipinski definition) is 3. The lowest BCUT2D eigenvalue weighted by Gasteiger charge is -2.21. The van der Waals surface area contributed by atoms with Gasteiger partial charge in [-0.3, -0.25) is 0 Å². The van der Waals surface area contributed by atoms with E-state index in [0.717, 1.165) is 13.0 Å². The van der Waals surface area contributed by atoms with Gasteiger partial charge in [-0.25, -0.2) is 4.79 Å². The molecule has 1 unspecified atom stereocenters. The van der Waals surface area contributed by atoms with E-state index in [9.17, 15) is 4.79 Å². The minimum Gasteiger partial charge on any atom is -0.444 e. The zero-order valence-corrected chi connectivity index (χ0v) is 11.5. The molecule has 0 aliphatic heterocycles. The third-order valence-corrected chi connectivity index (χ3v) is 2.06. The van der Waals surface area contributed by atoms with Crippen LogP contribution in [0.15, 0.2) is 0 Å². The molecule has 0 aliphatic rings. The fourth-order valence-corrected chi connectivity index (χ4v) is 1.15. The molecule has 4 nitrogen and oxygen atoms in total. The number of carbonyl (C=O) groups is 1. The van der Waals surface area contributed by atoms with Crippen LogP contribution in [0, 0.1) is 5.92 Å². The van der Waals surface area contributed by atoms with Crippen LogP contribution in [-0.2, 0) is 4.74 Å². The van der Waals surface area contributed by atoms with Gasteiger partial charge < -0.3 is 15.0 Å². The molecule has 96 valence electrons. The maximum atomic E-state index is 11.4. The van der Waals surface area contributed by atoms with Gasteiger partial charge in [0.25, 0.3) is 0 Å². The summed E-state index contributed by atoms with van der Waals surface area (Å²) < 4.78 is 5.15. The number of carbonyl (C=O) groups excluding carboxylic acids is 1. The van der Waals surface area contributed by atoms with Gasteiger partial charge in [-0.2, -0.15) is 0 Å². The van der Waals surface area contributed by atoms with Gasteiger partial charge in [-0.15, -0.1) is 0 Å². The molecule has 0 radical (unpaired) electrons. The van der Waals surface area contributed by atoms with Crippen LogP contribution in [0.5, 0.6) is 0 Å². The molecule has 0 rings (SSSR count). The maximum Gasteiger partial charge on any atom is 0.407 e. The van der Waals surface area contributed by atoms with E-state index in [-0.39, 0.29) is 6.09 Å². The van der Waals surface area contributed by atoms with Crippen LogP contribution < -0.4 is 5.32 Å². The molecule has 0 aromatic carbocycles.